The topological polar surface area (TPSA) is 62.1 Å². The summed E-state index contributed by atoms with van der Waals surface area (Å²) in [6, 6.07) is 13.9. The lowest BCUT2D eigenvalue weighted by molar-refractivity contribution is -0.122. The molecule has 0 spiro atoms. The molecule has 1 fully saturated rings. The van der Waals surface area contributed by atoms with Gasteiger partial charge in [-0.2, -0.15) is 10.1 Å². The van der Waals surface area contributed by atoms with Crippen LogP contribution in [0.25, 0.3) is 6.08 Å². The van der Waals surface area contributed by atoms with Crippen LogP contribution in [0.2, 0.25) is 0 Å². The summed E-state index contributed by atoms with van der Waals surface area (Å²) >= 11 is 6.43. The molecule has 2 aromatic carbocycles. The van der Waals surface area contributed by atoms with Gasteiger partial charge in [-0.05, 0) is 65.8 Å². The number of phenols is 1. The number of carbonyl (C=O) groups excluding carboxylic acids is 1. The maximum absolute atomic E-state index is 12.5. The van der Waals surface area contributed by atoms with Gasteiger partial charge in [-0.25, -0.2) is 0 Å². The molecule has 1 heterocycles. The van der Waals surface area contributed by atoms with Gasteiger partial charge in [0.15, 0.2) is 4.32 Å². The Balaban J connectivity index is 1.76. The summed E-state index contributed by atoms with van der Waals surface area (Å²) in [5.41, 5.74) is 1.63. The summed E-state index contributed by atoms with van der Waals surface area (Å²) in [5.74, 6) is 0.654. The number of ether oxygens (including phenoxy) is 1. The quantitative estimate of drug-likeness (QED) is 0.506. The second-order valence-corrected chi connectivity index (χ2v) is 6.78. The van der Waals surface area contributed by atoms with Gasteiger partial charge >= 0.3 is 0 Å². The number of thioether (sulfide) groups is 1. The summed E-state index contributed by atoms with van der Waals surface area (Å²) in [6.07, 6.45) is 3.30. The number of aromatic hydroxyl groups is 1. The molecule has 0 unspecified atom stereocenters. The molecule has 7 heteroatoms. The number of hydrazone groups is 1. The largest absolute Gasteiger partial charge is 0.508 e. The second kappa shape index (κ2) is 7.50. The summed E-state index contributed by atoms with van der Waals surface area (Å²) < 4.78 is 5.48. The summed E-state index contributed by atoms with van der Waals surface area (Å²) in [4.78, 5) is 13.0. The van der Waals surface area contributed by atoms with Crippen LogP contribution in [0.5, 0.6) is 11.5 Å². The Morgan fingerprint density at radius 3 is 2.40 bits per heavy atom. The van der Waals surface area contributed by atoms with Crippen molar-refractivity contribution in [1.82, 2.24) is 5.01 Å². The molecule has 3 rings (SSSR count). The van der Waals surface area contributed by atoms with E-state index in [0.717, 1.165) is 16.9 Å². The molecule has 0 aliphatic carbocycles. The Kier molecular flexibility index (Phi) is 5.16. The molecule has 0 radical (unpaired) electrons. The molecule has 126 valence electrons. The predicted molar refractivity (Wildman–Crippen MR) is 104 cm³/mol. The number of methoxy groups -OCH3 is 1. The van der Waals surface area contributed by atoms with Crippen molar-refractivity contribution < 1.29 is 14.6 Å². The number of phenolic OH excluding ortho intramolecular Hbond substituents is 1. The molecule has 0 atom stereocenters. The van der Waals surface area contributed by atoms with Crippen molar-refractivity contribution >= 4 is 46.5 Å². The first-order valence-corrected chi connectivity index (χ1v) is 8.54. The minimum atomic E-state index is -0.271. The fourth-order valence-electron chi connectivity index (χ4n) is 2.10. The van der Waals surface area contributed by atoms with Gasteiger partial charge in [-0.1, -0.05) is 23.9 Å². The lowest BCUT2D eigenvalue weighted by Crippen LogP contribution is -2.22. The predicted octanol–water partition coefficient (Wildman–Crippen LogP) is 3.64. The van der Waals surface area contributed by atoms with Crippen LogP contribution in [0.3, 0.4) is 0 Å². The van der Waals surface area contributed by atoms with E-state index >= 15 is 0 Å². The van der Waals surface area contributed by atoms with Gasteiger partial charge < -0.3 is 9.84 Å². The number of rotatable bonds is 4. The Morgan fingerprint density at radius 2 is 1.76 bits per heavy atom. The molecular formula is C18H14N2O3S2. The third-order valence-corrected chi connectivity index (χ3v) is 4.69. The highest BCUT2D eigenvalue weighted by Gasteiger charge is 2.31. The summed E-state index contributed by atoms with van der Waals surface area (Å²) in [6.45, 7) is 0. The maximum atomic E-state index is 12.5. The lowest BCUT2D eigenvalue weighted by Gasteiger charge is -2.06. The Labute approximate surface area is 154 Å². The molecule has 0 bridgehead atoms. The zero-order valence-corrected chi connectivity index (χ0v) is 14.9. The van der Waals surface area contributed by atoms with E-state index in [0.29, 0.717) is 9.23 Å². The van der Waals surface area contributed by atoms with E-state index in [1.165, 1.54) is 16.8 Å². The van der Waals surface area contributed by atoms with Gasteiger partial charge in [0.1, 0.15) is 11.5 Å². The lowest BCUT2D eigenvalue weighted by atomic mass is 10.2. The molecule has 0 saturated carbocycles. The highest BCUT2D eigenvalue weighted by Crippen LogP contribution is 2.32. The molecule has 0 aromatic heterocycles. The van der Waals surface area contributed by atoms with Crippen molar-refractivity contribution in [3.05, 3.63) is 64.6 Å². The van der Waals surface area contributed by atoms with E-state index in [-0.39, 0.29) is 11.7 Å². The SMILES string of the molecule is COc1ccc(/C=N/N2C(=O)/C(=C/c3ccc(O)cc3)SC2=S)cc1. The van der Waals surface area contributed by atoms with Crippen molar-refractivity contribution in [2.45, 2.75) is 0 Å². The fraction of sp³-hybridized carbons (Fsp3) is 0.0556. The van der Waals surface area contributed by atoms with Gasteiger partial charge in [-0.3, -0.25) is 4.79 Å². The van der Waals surface area contributed by atoms with Crippen LogP contribution < -0.4 is 4.74 Å². The van der Waals surface area contributed by atoms with Gasteiger partial charge in [0, 0.05) is 0 Å². The molecule has 1 aliphatic rings. The zero-order chi connectivity index (χ0) is 17.8. The second-order valence-electron chi connectivity index (χ2n) is 5.10. The number of benzene rings is 2. The molecule has 5 nitrogen and oxygen atoms in total. The first-order chi connectivity index (χ1) is 12.1. The molecule has 1 amide bonds. The van der Waals surface area contributed by atoms with Gasteiger partial charge in [0.25, 0.3) is 5.91 Å². The number of amides is 1. The number of hydrogen-bond donors (Lipinski definition) is 1. The van der Waals surface area contributed by atoms with E-state index < -0.39 is 0 Å². The Hall–Kier alpha value is -2.64. The molecule has 1 N–H and O–H groups in total. The maximum Gasteiger partial charge on any atom is 0.286 e. The first kappa shape index (κ1) is 17.2. The Bertz CT molecular complexity index is 859. The summed E-state index contributed by atoms with van der Waals surface area (Å²) in [7, 11) is 1.60. The monoisotopic (exact) mass is 370 g/mol. The van der Waals surface area contributed by atoms with Crippen LogP contribution in [0.4, 0.5) is 0 Å². The molecule has 2 aromatic rings. The van der Waals surface area contributed by atoms with Crippen molar-refractivity contribution in [3.8, 4) is 11.5 Å². The smallest absolute Gasteiger partial charge is 0.286 e. The fourth-order valence-corrected chi connectivity index (χ4v) is 3.27. The van der Waals surface area contributed by atoms with Crippen LogP contribution >= 0.6 is 24.0 Å². The third kappa shape index (κ3) is 4.07. The zero-order valence-electron chi connectivity index (χ0n) is 13.2. The molecule has 25 heavy (non-hydrogen) atoms. The average Bonchev–Trinajstić information content (AvgIpc) is 2.89. The van der Waals surface area contributed by atoms with E-state index in [1.807, 2.05) is 24.3 Å². The van der Waals surface area contributed by atoms with E-state index in [4.69, 9.17) is 17.0 Å². The van der Waals surface area contributed by atoms with Gasteiger partial charge in [0.05, 0.1) is 18.2 Å². The molecule has 1 aliphatic heterocycles. The van der Waals surface area contributed by atoms with Crippen LogP contribution in [-0.2, 0) is 4.79 Å². The van der Waals surface area contributed by atoms with Crippen molar-refractivity contribution in [1.29, 1.82) is 0 Å². The normalized spacial score (nSPS) is 16.2. The number of carbonyl (C=O) groups is 1. The minimum absolute atomic E-state index is 0.175. The minimum Gasteiger partial charge on any atom is -0.508 e. The van der Waals surface area contributed by atoms with Crippen LogP contribution in [0, 0.1) is 0 Å². The first-order valence-electron chi connectivity index (χ1n) is 7.32. The van der Waals surface area contributed by atoms with Crippen molar-refractivity contribution in [2.75, 3.05) is 7.11 Å². The number of thiocarbonyl (C=S) groups is 1. The van der Waals surface area contributed by atoms with E-state index in [2.05, 4.69) is 5.10 Å². The van der Waals surface area contributed by atoms with Crippen LogP contribution in [0.1, 0.15) is 11.1 Å². The number of hydrogen-bond acceptors (Lipinski definition) is 6. The Morgan fingerprint density at radius 1 is 1.12 bits per heavy atom. The average molecular weight is 370 g/mol. The molecule has 1 saturated heterocycles. The van der Waals surface area contributed by atoms with Crippen LogP contribution in [-0.4, -0.2) is 33.7 Å². The van der Waals surface area contributed by atoms with E-state index in [1.54, 1.807) is 43.7 Å². The van der Waals surface area contributed by atoms with Gasteiger partial charge in [-0.15, -0.1) is 0 Å². The highest BCUT2D eigenvalue weighted by atomic mass is 32.2. The van der Waals surface area contributed by atoms with Crippen molar-refractivity contribution in [3.63, 3.8) is 0 Å². The standard InChI is InChI=1S/C18H14N2O3S2/c1-23-15-8-4-13(5-9-15)11-19-20-17(22)16(25-18(20)24)10-12-2-6-14(21)7-3-12/h2-11,21H,1H3/b16-10-,19-11+. The number of nitrogens with zero attached hydrogens (tertiary/aromatic N) is 2. The summed E-state index contributed by atoms with van der Waals surface area (Å²) in [5, 5.41) is 14.7. The molecular weight excluding hydrogens is 356 g/mol. The third-order valence-electron chi connectivity index (χ3n) is 3.40. The van der Waals surface area contributed by atoms with Crippen molar-refractivity contribution in [2.24, 2.45) is 5.10 Å². The van der Waals surface area contributed by atoms with Gasteiger partial charge in [0.2, 0.25) is 0 Å². The highest BCUT2D eigenvalue weighted by molar-refractivity contribution is 8.26. The van der Waals surface area contributed by atoms with Crippen LogP contribution in [0.15, 0.2) is 58.5 Å². The van der Waals surface area contributed by atoms with E-state index in [9.17, 15) is 9.90 Å².